The van der Waals surface area contributed by atoms with E-state index in [1.807, 2.05) is 30.5 Å². The van der Waals surface area contributed by atoms with Crippen LogP contribution in [-0.2, 0) is 0 Å². The van der Waals surface area contributed by atoms with Crippen LogP contribution in [0.2, 0.25) is 0 Å². The molecule has 90 valence electrons. The molecule has 0 radical (unpaired) electrons. The minimum absolute atomic E-state index is 0.184. The average Bonchev–Trinajstić information content (AvgIpc) is 2.83. The maximum Gasteiger partial charge on any atom is 0.183 e. The number of thiazole rings is 1. The second-order valence-electron chi connectivity index (χ2n) is 3.67. The van der Waals surface area contributed by atoms with Gasteiger partial charge in [0, 0.05) is 17.1 Å². The number of benzene rings is 1. The molecule has 0 saturated carbocycles. The Morgan fingerprint density at radius 1 is 1.41 bits per heavy atom. The molecule has 1 aromatic heterocycles. The van der Waals surface area contributed by atoms with Gasteiger partial charge in [0.25, 0.3) is 0 Å². The Kier molecular flexibility index (Phi) is 3.98. The summed E-state index contributed by atoms with van der Waals surface area (Å²) in [5.74, 6) is 0.937. The van der Waals surface area contributed by atoms with Crippen LogP contribution in [0.1, 0.15) is 25.5 Å². The third-order valence-corrected chi connectivity index (χ3v) is 3.16. The Bertz CT molecular complexity index is 456. The van der Waals surface area contributed by atoms with Gasteiger partial charge in [0.05, 0.1) is 12.6 Å². The average molecular weight is 248 g/mol. The summed E-state index contributed by atoms with van der Waals surface area (Å²) in [6.07, 6.45) is 1.80. The van der Waals surface area contributed by atoms with Crippen LogP contribution in [0.25, 0.3) is 0 Å². The summed E-state index contributed by atoms with van der Waals surface area (Å²) < 4.78 is 5.62. The van der Waals surface area contributed by atoms with E-state index in [0.717, 1.165) is 16.4 Å². The standard InChI is InChI=1S/C13H16N2OS/c1-3-16-12-7-5-4-6-11(12)10(2)15-13-14-8-9-17-13/h4-10H,3H2,1-2H3,(H,14,15). The van der Waals surface area contributed by atoms with Crippen LogP contribution in [0, 0.1) is 0 Å². The molecular weight excluding hydrogens is 232 g/mol. The molecular formula is C13H16N2OS. The van der Waals surface area contributed by atoms with Crippen LogP contribution in [0.3, 0.4) is 0 Å². The van der Waals surface area contributed by atoms with Gasteiger partial charge in [-0.2, -0.15) is 0 Å². The molecule has 2 rings (SSSR count). The van der Waals surface area contributed by atoms with E-state index in [1.54, 1.807) is 17.5 Å². The van der Waals surface area contributed by atoms with Crippen molar-refractivity contribution in [1.82, 2.24) is 4.98 Å². The number of nitrogens with one attached hydrogen (secondary N) is 1. The second-order valence-corrected chi connectivity index (χ2v) is 4.57. The van der Waals surface area contributed by atoms with Gasteiger partial charge in [-0.3, -0.25) is 0 Å². The van der Waals surface area contributed by atoms with Crippen LogP contribution in [-0.4, -0.2) is 11.6 Å². The highest BCUT2D eigenvalue weighted by atomic mass is 32.1. The molecule has 0 amide bonds. The number of hydrogen-bond donors (Lipinski definition) is 1. The van der Waals surface area contributed by atoms with Crippen molar-refractivity contribution in [3.05, 3.63) is 41.4 Å². The fourth-order valence-electron chi connectivity index (χ4n) is 1.68. The summed E-state index contributed by atoms with van der Waals surface area (Å²) in [6, 6.07) is 8.28. The van der Waals surface area contributed by atoms with E-state index in [4.69, 9.17) is 4.74 Å². The highest BCUT2D eigenvalue weighted by Gasteiger charge is 2.11. The lowest BCUT2D eigenvalue weighted by molar-refractivity contribution is 0.335. The van der Waals surface area contributed by atoms with Crippen molar-refractivity contribution in [3.63, 3.8) is 0 Å². The first-order valence-electron chi connectivity index (χ1n) is 5.69. The minimum Gasteiger partial charge on any atom is -0.494 e. The van der Waals surface area contributed by atoms with E-state index in [2.05, 4.69) is 23.3 Å². The van der Waals surface area contributed by atoms with Gasteiger partial charge in [-0.15, -0.1) is 11.3 Å². The lowest BCUT2D eigenvalue weighted by Crippen LogP contribution is -2.08. The second kappa shape index (κ2) is 5.68. The molecule has 0 aliphatic rings. The molecule has 0 saturated heterocycles. The molecule has 0 aliphatic carbocycles. The number of hydrogen-bond acceptors (Lipinski definition) is 4. The van der Waals surface area contributed by atoms with E-state index in [-0.39, 0.29) is 6.04 Å². The zero-order valence-electron chi connectivity index (χ0n) is 10.0. The summed E-state index contributed by atoms with van der Waals surface area (Å²) in [7, 11) is 0. The van der Waals surface area contributed by atoms with Crippen LogP contribution in [0.15, 0.2) is 35.8 Å². The first kappa shape index (κ1) is 11.9. The first-order chi connectivity index (χ1) is 8.31. The van der Waals surface area contributed by atoms with Crippen molar-refractivity contribution in [3.8, 4) is 5.75 Å². The Morgan fingerprint density at radius 2 is 2.24 bits per heavy atom. The summed E-state index contributed by atoms with van der Waals surface area (Å²) in [5.41, 5.74) is 1.16. The molecule has 0 bridgehead atoms. The number of ether oxygens (including phenoxy) is 1. The topological polar surface area (TPSA) is 34.1 Å². The number of para-hydroxylation sites is 1. The fourth-order valence-corrected chi connectivity index (χ4v) is 2.30. The Hall–Kier alpha value is -1.55. The quantitative estimate of drug-likeness (QED) is 0.875. The lowest BCUT2D eigenvalue weighted by atomic mass is 10.1. The van der Waals surface area contributed by atoms with Crippen LogP contribution in [0.4, 0.5) is 5.13 Å². The molecule has 0 spiro atoms. The third kappa shape index (κ3) is 2.97. The molecule has 1 heterocycles. The highest BCUT2D eigenvalue weighted by Crippen LogP contribution is 2.28. The van der Waals surface area contributed by atoms with Gasteiger partial charge < -0.3 is 10.1 Å². The van der Waals surface area contributed by atoms with E-state index in [9.17, 15) is 0 Å². The largest absolute Gasteiger partial charge is 0.494 e. The van der Waals surface area contributed by atoms with E-state index in [0.29, 0.717) is 6.61 Å². The van der Waals surface area contributed by atoms with Crippen molar-refractivity contribution >= 4 is 16.5 Å². The molecule has 0 aliphatic heterocycles. The van der Waals surface area contributed by atoms with Crippen molar-refractivity contribution in [2.75, 3.05) is 11.9 Å². The molecule has 2 aromatic rings. The predicted molar refractivity (Wildman–Crippen MR) is 71.8 cm³/mol. The lowest BCUT2D eigenvalue weighted by Gasteiger charge is -2.17. The Labute approximate surface area is 105 Å². The number of nitrogens with zero attached hydrogens (tertiary/aromatic N) is 1. The molecule has 1 atom stereocenters. The highest BCUT2D eigenvalue weighted by molar-refractivity contribution is 7.13. The molecule has 1 unspecified atom stereocenters. The molecule has 17 heavy (non-hydrogen) atoms. The smallest absolute Gasteiger partial charge is 0.183 e. The van der Waals surface area contributed by atoms with Crippen molar-refractivity contribution in [1.29, 1.82) is 0 Å². The van der Waals surface area contributed by atoms with E-state index < -0.39 is 0 Å². The molecule has 1 N–H and O–H groups in total. The monoisotopic (exact) mass is 248 g/mol. The minimum atomic E-state index is 0.184. The zero-order valence-corrected chi connectivity index (χ0v) is 10.8. The van der Waals surface area contributed by atoms with Gasteiger partial charge in [0.15, 0.2) is 5.13 Å². The number of rotatable bonds is 5. The number of anilines is 1. The van der Waals surface area contributed by atoms with Gasteiger partial charge in [0.1, 0.15) is 5.75 Å². The third-order valence-electron chi connectivity index (χ3n) is 2.46. The maximum atomic E-state index is 5.62. The predicted octanol–water partition coefficient (Wildman–Crippen LogP) is 3.71. The molecule has 4 heteroatoms. The van der Waals surface area contributed by atoms with Gasteiger partial charge in [-0.25, -0.2) is 4.98 Å². The van der Waals surface area contributed by atoms with Gasteiger partial charge >= 0.3 is 0 Å². The van der Waals surface area contributed by atoms with Gasteiger partial charge in [-0.05, 0) is 19.9 Å². The van der Waals surface area contributed by atoms with Crippen molar-refractivity contribution in [2.24, 2.45) is 0 Å². The number of aromatic nitrogens is 1. The van der Waals surface area contributed by atoms with Gasteiger partial charge in [0.2, 0.25) is 0 Å². The first-order valence-corrected chi connectivity index (χ1v) is 6.57. The summed E-state index contributed by atoms with van der Waals surface area (Å²) in [4.78, 5) is 4.22. The van der Waals surface area contributed by atoms with Gasteiger partial charge in [-0.1, -0.05) is 18.2 Å². The fraction of sp³-hybridized carbons (Fsp3) is 0.308. The van der Waals surface area contributed by atoms with E-state index in [1.165, 1.54) is 0 Å². The van der Waals surface area contributed by atoms with Crippen LogP contribution >= 0.6 is 11.3 Å². The Morgan fingerprint density at radius 3 is 2.94 bits per heavy atom. The van der Waals surface area contributed by atoms with Crippen molar-refractivity contribution < 1.29 is 4.74 Å². The zero-order chi connectivity index (χ0) is 12.1. The van der Waals surface area contributed by atoms with Crippen molar-refractivity contribution in [2.45, 2.75) is 19.9 Å². The van der Waals surface area contributed by atoms with Crippen LogP contribution < -0.4 is 10.1 Å². The van der Waals surface area contributed by atoms with Crippen LogP contribution in [0.5, 0.6) is 5.75 Å². The Balaban J connectivity index is 2.15. The SMILES string of the molecule is CCOc1ccccc1C(C)Nc1nccs1. The summed E-state index contributed by atoms with van der Waals surface area (Å²) in [5, 5.41) is 6.26. The molecule has 1 aromatic carbocycles. The summed E-state index contributed by atoms with van der Waals surface area (Å²) >= 11 is 1.60. The maximum absolute atomic E-state index is 5.62. The normalized spacial score (nSPS) is 12.1. The summed E-state index contributed by atoms with van der Waals surface area (Å²) in [6.45, 7) is 4.79. The molecule has 3 nitrogen and oxygen atoms in total. The molecule has 0 fully saturated rings. The van der Waals surface area contributed by atoms with E-state index >= 15 is 0 Å².